The van der Waals surface area contributed by atoms with Crippen LogP contribution in [0.5, 0.6) is 11.5 Å². The van der Waals surface area contributed by atoms with Crippen molar-refractivity contribution in [3.63, 3.8) is 0 Å². The average molecular weight is 492 g/mol. The van der Waals surface area contributed by atoms with Crippen molar-refractivity contribution in [2.75, 3.05) is 0 Å². The van der Waals surface area contributed by atoms with Gasteiger partial charge in [-0.05, 0) is 35.8 Å². The molecular formula is C18H11BrF5N3OS. The molecule has 0 spiro atoms. The SMILES string of the molecule is C=C(NCc1cc(F)c(Oc2cc(Br)cc(C(F)(F)F)c2)cc1F)c1ncns1. The zero-order valence-electron chi connectivity index (χ0n) is 14.4. The third-order valence-electron chi connectivity index (χ3n) is 3.64. The Labute approximate surface area is 174 Å². The van der Waals surface area contributed by atoms with E-state index in [2.05, 4.69) is 37.2 Å². The van der Waals surface area contributed by atoms with Gasteiger partial charge in [0, 0.05) is 22.6 Å². The minimum Gasteiger partial charge on any atom is -0.454 e. The van der Waals surface area contributed by atoms with Gasteiger partial charge in [-0.2, -0.15) is 17.5 Å². The lowest BCUT2D eigenvalue weighted by Crippen LogP contribution is -2.12. The monoisotopic (exact) mass is 491 g/mol. The van der Waals surface area contributed by atoms with Gasteiger partial charge in [0.1, 0.15) is 17.9 Å². The second-order valence-corrected chi connectivity index (χ2v) is 7.42. The maximum Gasteiger partial charge on any atom is 0.416 e. The number of hydrogen-bond acceptors (Lipinski definition) is 5. The molecule has 1 N–H and O–H groups in total. The summed E-state index contributed by atoms with van der Waals surface area (Å²) in [7, 11) is 0. The Balaban J connectivity index is 1.77. The van der Waals surface area contributed by atoms with Gasteiger partial charge in [0.25, 0.3) is 0 Å². The van der Waals surface area contributed by atoms with Crippen molar-refractivity contribution in [3.8, 4) is 11.5 Å². The average Bonchev–Trinajstić information content (AvgIpc) is 3.16. The first-order chi connectivity index (χ1) is 13.6. The molecule has 29 heavy (non-hydrogen) atoms. The number of nitrogens with zero attached hydrogens (tertiary/aromatic N) is 2. The Morgan fingerprint density at radius 3 is 2.55 bits per heavy atom. The number of ether oxygens (including phenoxy) is 1. The van der Waals surface area contributed by atoms with E-state index in [0.717, 1.165) is 29.7 Å². The molecule has 0 amide bonds. The molecule has 0 aliphatic rings. The molecule has 0 bridgehead atoms. The lowest BCUT2D eigenvalue weighted by molar-refractivity contribution is -0.137. The highest BCUT2D eigenvalue weighted by atomic mass is 79.9. The Morgan fingerprint density at radius 2 is 1.90 bits per heavy atom. The zero-order chi connectivity index (χ0) is 21.2. The van der Waals surface area contributed by atoms with E-state index >= 15 is 0 Å². The molecule has 0 atom stereocenters. The van der Waals surface area contributed by atoms with Gasteiger partial charge in [0.15, 0.2) is 16.6 Å². The molecule has 1 heterocycles. The van der Waals surface area contributed by atoms with Crippen LogP contribution in [-0.2, 0) is 12.7 Å². The maximum absolute atomic E-state index is 14.4. The molecule has 3 aromatic rings. The van der Waals surface area contributed by atoms with Gasteiger partial charge >= 0.3 is 6.18 Å². The highest BCUT2D eigenvalue weighted by Gasteiger charge is 2.31. The van der Waals surface area contributed by atoms with Crippen LogP contribution in [0, 0.1) is 11.6 Å². The largest absolute Gasteiger partial charge is 0.454 e. The van der Waals surface area contributed by atoms with Crippen LogP contribution in [0.1, 0.15) is 16.1 Å². The van der Waals surface area contributed by atoms with Gasteiger partial charge in [-0.15, -0.1) is 0 Å². The van der Waals surface area contributed by atoms with E-state index in [1.807, 2.05) is 0 Å². The van der Waals surface area contributed by atoms with E-state index in [9.17, 15) is 22.0 Å². The minimum absolute atomic E-state index is 0.0225. The molecule has 0 unspecified atom stereocenters. The van der Waals surface area contributed by atoms with Crippen LogP contribution in [0.25, 0.3) is 5.70 Å². The predicted molar refractivity (Wildman–Crippen MR) is 101 cm³/mol. The summed E-state index contributed by atoms with van der Waals surface area (Å²) in [5.41, 5.74) is -0.619. The summed E-state index contributed by atoms with van der Waals surface area (Å²) in [5, 5.41) is 3.31. The smallest absolute Gasteiger partial charge is 0.416 e. The summed E-state index contributed by atoms with van der Waals surface area (Å²) in [6.45, 7) is 3.65. The molecule has 0 saturated carbocycles. The van der Waals surface area contributed by atoms with E-state index in [0.29, 0.717) is 16.8 Å². The molecule has 1 aromatic heterocycles. The highest BCUT2D eigenvalue weighted by molar-refractivity contribution is 9.10. The number of hydrogen-bond donors (Lipinski definition) is 1. The summed E-state index contributed by atoms with van der Waals surface area (Å²) in [4.78, 5) is 3.93. The van der Waals surface area contributed by atoms with Gasteiger partial charge in [-0.1, -0.05) is 22.5 Å². The molecule has 11 heteroatoms. The first-order valence-corrected chi connectivity index (χ1v) is 9.43. The molecule has 0 saturated heterocycles. The zero-order valence-corrected chi connectivity index (χ0v) is 16.8. The number of alkyl halides is 3. The van der Waals surface area contributed by atoms with Crippen LogP contribution in [0.4, 0.5) is 22.0 Å². The van der Waals surface area contributed by atoms with Crippen molar-refractivity contribution in [3.05, 3.63) is 75.5 Å². The lowest BCUT2D eigenvalue weighted by atomic mass is 10.2. The Morgan fingerprint density at radius 1 is 1.14 bits per heavy atom. The summed E-state index contributed by atoms with van der Waals surface area (Å²) in [6.07, 6.45) is -3.28. The van der Waals surface area contributed by atoms with Gasteiger partial charge in [-0.3, -0.25) is 0 Å². The van der Waals surface area contributed by atoms with E-state index in [1.165, 1.54) is 12.4 Å². The first kappa shape index (κ1) is 21.2. The highest BCUT2D eigenvalue weighted by Crippen LogP contribution is 2.36. The quantitative estimate of drug-likeness (QED) is 0.420. The molecule has 0 radical (unpaired) electrons. The summed E-state index contributed by atoms with van der Waals surface area (Å²) < 4.78 is 76.4. The summed E-state index contributed by atoms with van der Waals surface area (Å²) >= 11 is 4.03. The third-order valence-corrected chi connectivity index (χ3v) is 4.82. The number of rotatable bonds is 6. The fourth-order valence-corrected chi connectivity index (χ4v) is 3.22. The number of halogens is 6. The Hall–Kier alpha value is -2.53. The summed E-state index contributed by atoms with van der Waals surface area (Å²) in [5.74, 6) is -2.57. The molecule has 152 valence electrons. The minimum atomic E-state index is -4.61. The number of nitrogens with one attached hydrogen (secondary N) is 1. The second kappa shape index (κ2) is 8.46. The van der Waals surface area contributed by atoms with Crippen LogP contribution >= 0.6 is 27.5 Å². The van der Waals surface area contributed by atoms with Crippen molar-refractivity contribution in [1.29, 1.82) is 0 Å². The van der Waals surface area contributed by atoms with Crippen molar-refractivity contribution in [2.45, 2.75) is 12.7 Å². The van der Waals surface area contributed by atoms with E-state index < -0.39 is 29.1 Å². The van der Waals surface area contributed by atoms with Crippen LogP contribution in [-0.4, -0.2) is 9.36 Å². The van der Waals surface area contributed by atoms with Gasteiger partial charge in [0.05, 0.1) is 11.3 Å². The van der Waals surface area contributed by atoms with Crippen molar-refractivity contribution < 1.29 is 26.7 Å². The Kier molecular flexibility index (Phi) is 6.18. The predicted octanol–water partition coefficient (Wildman–Crippen LogP) is 6.15. The third kappa shape index (κ3) is 5.30. The van der Waals surface area contributed by atoms with Crippen LogP contribution in [0.15, 0.2) is 47.7 Å². The second-order valence-electron chi connectivity index (χ2n) is 5.73. The molecule has 0 aliphatic carbocycles. The lowest BCUT2D eigenvalue weighted by Gasteiger charge is -2.13. The fraction of sp³-hybridized carbons (Fsp3) is 0.111. The van der Waals surface area contributed by atoms with Crippen LogP contribution in [0.3, 0.4) is 0 Å². The van der Waals surface area contributed by atoms with E-state index in [-0.39, 0.29) is 22.3 Å². The number of aromatic nitrogens is 2. The Bertz CT molecular complexity index is 1040. The van der Waals surface area contributed by atoms with Crippen LogP contribution < -0.4 is 10.1 Å². The van der Waals surface area contributed by atoms with E-state index in [1.54, 1.807) is 0 Å². The number of benzene rings is 2. The van der Waals surface area contributed by atoms with Crippen molar-refractivity contribution in [1.82, 2.24) is 14.7 Å². The maximum atomic E-state index is 14.4. The van der Waals surface area contributed by atoms with Crippen molar-refractivity contribution in [2.24, 2.45) is 0 Å². The normalized spacial score (nSPS) is 11.4. The van der Waals surface area contributed by atoms with Crippen molar-refractivity contribution >= 4 is 33.2 Å². The topological polar surface area (TPSA) is 47.0 Å². The van der Waals surface area contributed by atoms with Gasteiger partial charge in [-0.25, -0.2) is 13.8 Å². The molecule has 3 rings (SSSR count). The molecule has 0 fully saturated rings. The van der Waals surface area contributed by atoms with Crippen LogP contribution in [0.2, 0.25) is 0 Å². The molecule has 2 aromatic carbocycles. The van der Waals surface area contributed by atoms with Gasteiger partial charge < -0.3 is 10.1 Å². The fourth-order valence-electron chi connectivity index (χ4n) is 2.28. The van der Waals surface area contributed by atoms with Gasteiger partial charge in [0.2, 0.25) is 0 Å². The molecule has 4 nitrogen and oxygen atoms in total. The summed E-state index contributed by atoms with van der Waals surface area (Å²) in [6, 6.07) is 4.43. The van der Waals surface area contributed by atoms with E-state index in [4.69, 9.17) is 4.74 Å². The molecule has 0 aliphatic heterocycles. The molecular weight excluding hydrogens is 481 g/mol. The first-order valence-electron chi connectivity index (χ1n) is 7.87. The standard InChI is InChI=1S/C18H11BrF5N3OS/c1-9(17-26-8-27-29-17)25-7-10-2-15(21)16(6-14(10)20)28-13-4-11(18(22,23)24)3-12(19)5-13/h2-6,8,25H,1,7H2.